The lowest BCUT2D eigenvalue weighted by molar-refractivity contribution is -0.127. The molecule has 0 bridgehead atoms. The summed E-state index contributed by atoms with van der Waals surface area (Å²) in [6, 6.07) is 5.58. The van der Waals surface area contributed by atoms with E-state index in [0.717, 1.165) is 57.0 Å². The van der Waals surface area contributed by atoms with Crippen molar-refractivity contribution >= 4 is 35.1 Å². The topological polar surface area (TPSA) is 56.7 Å². The van der Waals surface area contributed by atoms with E-state index in [9.17, 15) is 4.79 Å². The summed E-state index contributed by atoms with van der Waals surface area (Å²) in [6.45, 7) is 5.97. The number of carbonyl (C=O) groups excluding carboxylic acids is 1. The molecule has 0 atom stereocenters. The van der Waals surface area contributed by atoms with Gasteiger partial charge in [0.2, 0.25) is 5.91 Å². The van der Waals surface area contributed by atoms with Crippen molar-refractivity contribution in [3.63, 3.8) is 0 Å². The molecule has 1 heterocycles. The summed E-state index contributed by atoms with van der Waals surface area (Å²) in [5.74, 6) is 1.07. The fraction of sp³-hybridized carbons (Fsp3) is 0.556. The molecule has 0 aliphatic carbocycles. The molecular weight excluding hydrogens is 359 g/mol. The molecule has 138 valence electrons. The average Bonchev–Trinajstić information content (AvgIpc) is 2.95. The fourth-order valence-corrected chi connectivity index (χ4v) is 3.39. The minimum Gasteiger partial charge on any atom is -0.357 e. The number of halogens is 2. The SMILES string of the molecule is CCNC(=NCCCN1CCCC1=O)NCCc1cc(Cl)cc(Cl)c1. The van der Waals surface area contributed by atoms with Crippen LogP contribution in [0.2, 0.25) is 10.0 Å². The van der Waals surface area contributed by atoms with Crippen LogP contribution in [-0.4, -0.2) is 49.5 Å². The highest BCUT2D eigenvalue weighted by atomic mass is 35.5. The number of likely N-dealkylation sites (tertiary alicyclic amines) is 1. The predicted molar refractivity (Wildman–Crippen MR) is 105 cm³/mol. The Morgan fingerprint density at radius 1 is 1.24 bits per heavy atom. The Balaban J connectivity index is 1.74. The van der Waals surface area contributed by atoms with E-state index in [1.54, 1.807) is 6.07 Å². The third-order valence-corrected chi connectivity index (χ3v) is 4.44. The molecule has 1 aliphatic heterocycles. The van der Waals surface area contributed by atoms with Gasteiger partial charge < -0.3 is 15.5 Å². The second kappa shape index (κ2) is 10.5. The van der Waals surface area contributed by atoms with E-state index in [-0.39, 0.29) is 5.91 Å². The van der Waals surface area contributed by atoms with Gasteiger partial charge in [0, 0.05) is 49.2 Å². The van der Waals surface area contributed by atoms with E-state index in [0.29, 0.717) is 23.0 Å². The van der Waals surface area contributed by atoms with E-state index in [1.807, 2.05) is 24.0 Å². The normalized spacial score (nSPS) is 14.9. The smallest absolute Gasteiger partial charge is 0.222 e. The molecule has 2 rings (SSSR count). The van der Waals surface area contributed by atoms with E-state index in [1.165, 1.54) is 0 Å². The van der Waals surface area contributed by atoms with Crippen LogP contribution < -0.4 is 10.6 Å². The number of amides is 1. The minimum absolute atomic E-state index is 0.272. The van der Waals surface area contributed by atoms with Crippen molar-refractivity contribution in [2.75, 3.05) is 32.7 Å². The van der Waals surface area contributed by atoms with Gasteiger partial charge >= 0.3 is 0 Å². The Bertz CT molecular complexity index is 586. The second-order valence-electron chi connectivity index (χ2n) is 6.05. The Morgan fingerprint density at radius 3 is 2.64 bits per heavy atom. The molecule has 0 spiro atoms. The highest BCUT2D eigenvalue weighted by Gasteiger charge is 2.18. The summed E-state index contributed by atoms with van der Waals surface area (Å²) in [4.78, 5) is 18.1. The zero-order valence-electron chi connectivity index (χ0n) is 14.7. The van der Waals surface area contributed by atoms with Crippen LogP contribution >= 0.6 is 23.2 Å². The maximum absolute atomic E-state index is 11.6. The first-order valence-corrected chi connectivity index (χ1v) is 9.59. The third kappa shape index (κ3) is 7.12. The van der Waals surface area contributed by atoms with Gasteiger partial charge in [-0.1, -0.05) is 23.2 Å². The lowest BCUT2D eigenvalue weighted by Gasteiger charge is -2.15. The molecule has 0 radical (unpaired) electrons. The maximum Gasteiger partial charge on any atom is 0.222 e. The van der Waals surface area contributed by atoms with Gasteiger partial charge in [-0.15, -0.1) is 0 Å². The van der Waals surface area contributed by atoms with Gasteiger partial charge in [0.05, 0.1) is 0 Å². The van der Waals surface area contributed by atoms with Gasteiger partial charge in [-0.05, 0) is 49.9 Å². The first kappa shape index (κ1) is 19.9. The number of carbonyl (C=O) groups is 1. The minimum atomic E-state index is 0.272. The van der Waals surface area contributed by atoms with Crippen molar-refractivity contribution in [1.82, 2.24) is 15.5 Å². The van der Waals surface area contributed by atoms with E-state index >= 15 is 0 Å². The molecular formula is C18H26Cl2N4O. The highest BCUT2D eigenvalue weighted by Crippen LogP contribution is 2.19. The number of hydrogen-bond acceptors (Lipinski definition) is 2. The van der Waals surface area contributed by atoms with Gasteiger partial charge in [-0.25, -0.2) is 0 Å². The van der Waals surface area contributed by atoms with Gasteiger partial charge in [0.15, 0.2) is 5.96 Å². The highest BCUT2D eigenvalue weighted by molar-refractivity contribution is 6.34. The first-order chi connectivity index (χ1) is 12.1. The van der Waals surface area contributed by atoms with Crippen LogP contribution in [0.4, 0.5) is 0 Å². The Kier molecular flexibility index (Phi) is 8.35. The number of aliphatic imine (C=N–C) groups is 1. The van der Waals surface area contributed by atoms with Crippen molar-refractivity contribution in [3.8, 4) is 0 Å². The van der Waals surface area contributed by atoms with Crippen LogP contribution in [-0.2, 0) is 11.2 Å². The van der Waals surface area contributed by atoms with E-state index in [4.69, 9.17) is 23.2 Å². The lowest BCUT2D eigenvalue weighted by atomic mass is 10.1. The summed E-state index contributed by atoms with van der Waals surface area (Å²) in [6.07, 6.45) is 3.37. The Hall–Kier alpha value is -1.46. The van der Waals surface area contributed by atoms with Crippen molar-refractivity contribution in [2.24, 2.45) is 4.99 Å². The summed E-state index contributed by atoms with van der Waals surface area (Å²) in [5.41, 5.74) is 1.09. The molecule has 5 nitrogen and oxygen atoms in total. The number of rotatable bonds is 8. The number of hydrogen-bond donors (Lipinski definition) is 2. The van der Waals surface area contributed by atoms with Crippen LogP contribution in [0.1, 0.15) is 31.7 Å². The van der Waals surface area contributed by atoms with Crippen molar-refractivity contribution in [2.45, 2.75) is 32.6 Å². The van der Waals surface area contributed by atoms with Gasteiger partial charge in [0.1, 0.15) is 0 Å². The average molecular weight is 385 g/mol. The molecule has 1 aliphatic rings. The van der Waals surface area contributed by atoms with Crippen molar-refractivity contribution in [1.29, 1.82) is 0 Å². The summed E-state index contributed by atoms with van der Waals surface area (Å²) < 4.78 is 0. The maximum atomic E-state index is 11.6. The van der Waals surface area contributed by atoms with Crippen LogP contribution in [0.5, 0.6) is 0 Å². The standard InChI is InChI=1S/C18H26Cl2N4O/c1-2-21-18(22-7-4-10-24-9-3-5-17(24)25)23-8-6-14-11-15(19)13-16(20)12-14/h11-13H,2-10H2,1H3,(H2,21,22,23). The second-order valence-corrected chi connectivity index (χ2v) is 6.93. The molecule has 2 N–H and O–H groups in total. The molecule has 1 aromatic rings. The van der Waals surface area contributed by atoms with E-state index in [2.05, 4.69) is 15.6 Å². The molecule has 1 fully saturated rings. The zero-order chi connectivity index (χ0) is 18.1. The molecule has 1 amide bonds. The largest absolute Gasteiger partial charge is 0.357 e. The van der Waals surface area contributed by atoms with Gasteiger partial charge in [-0.3, -0.25) is 9.79 Å². The van der Waals surface area contributed by atoms with Crippen LogP contribution in [0.15, 0.2) is 23.2 Å². The summed E-state index contributed by atoms with van der Waals surface area (Å²) in [5, 5.41) is 7.86. The first-order valence-electron chi connectivity index (χ1n) is 8.83. The Morgan fingerprint density at radius 2 is 2.00 bits per heavy atom. The lowest BCUT2D eigenvalue weighted by Crippen LogP contribution is -2.38. The third-order valence-electron chi connectivity index (χ3n) is 4.00. The van der Waals surface area contributed by atoms with E-state index < -0.39 is 0 Å². The van der Waals surface area contributed by atoms with Crippen molar-refractivity contribution < 1.29 is 4.79 Å². The molecule has 0 aromatic heterocycles. The molecule has 0 unspecified atom stereocenters. The molecule has 7 heteroatoms. The van der Waals surface area contributed by atoms with Crippen LogP contribution in [0, 0.1) is 0 Å². The quantitative estimate of drug-likeness (QED) is 0.411. The molecule has 25 heavy (non-hydrogen) atoms. The predicted octanol–water partition coefficient (Wildman–Crippen LogP) is 3.10. The summed E-state index contributed by atoms with van der Waals surface area (Å²) in [7, 11) is 0. The number of benzene rings is 1. The number of guanidine groups is 1. The van der Waals surface area contributed by atoms with Gasteiger partial charge in [-0.2, -0.15) is 0 Å². The molecule has 0 saturated carbocycles. The summed E-state index contributed by atoms with van der Waals surface area (Å²) >= 11 is 12.0. The van der Waals surface area contributed by atoms with Crippen LogP contribution in [0.25, 0.3) is 0 Å². The monoisotopic (exact) mass is 384 g/mol. The Labute approximate surface area is 159 Å². The van der Waals surface area contributed by atoms with Crippen molar-refractivity contribution in [3.05, 3.63) is 33.8 Å². The van der Waals surface area contributed by atoms with Crippen LogP contribution in [0.3, 0.4) is 0 Å². The fourth-order valence-electron chi connectivity index (χ4n) is 2.82. The number of nitrogens with zero attached hydrogens (tertiary/aromatic N) is 2. The molecule has 1 aromatic carbocycles. The van der Waals surface area contributed by atoms with Gasteiger partial charge in [0.25, 0.3) is 0 Å². The molecule has 1 saturated heterocycles. The number of nitrogens with one attached hydrogen (secondary N) is 2. The zero-order valence-corrected chi connectivity index (χ0v) is 16.2.